The molecule has 230 valence electrons. The van der Waals surface area contributed by atoms with Crippen LogP contribution in [0.4, 0.5) is 10.6 Å². The van der Waals surface area contributed by atoms with Crippen molar-refractivity contribution in [1.82, 2.24) is 20.0 Å². The topological polar surface area (TPSA) is 106 Å². The fourth-order valence-corrected chi connectivity index (χ4v) is 7.02. The standard InChI is InChI=1S/C34H39N5O4S/c1-34(2,25-11-5-3-6-12-25)36-31(41)28-21-27-29(37-39(32(27)44-28)33(42)43-26-13-7-8-14-26)35-30(40)24-17-15-23(16-18-24)22-38-19-9-4-10-20-38/h3,5-6,11-12,15-18,21,26H,4,7-10,13-14,19-20,22H2,1-2H3,(H,36,41)(H,35,37,40). The number of likely N-dealkylation sites (tertiary alicyclic amines) is 1. The first-order chi connectivity index (χ1) is 21.3. The minimum atomic E-state index is -0.626. The molecule has 9 nitrogen and oxygen atoms in total. The molecule has 3 heterocycles. The van der Waals surface area contributed by atoms with E-state index < -0.39 is 11.6 Å². The molecule has 44 heavy (non-hydrogen) atoms. The highest BCUT2D eigenvalue weighted by Crippen LogP contribution is 2.33. The summed E-state index contributed by atoms with van der Waals surface area (Å²) in [5, 5.41) is 11.0. The van der Waals surface area contributed by atoms with E-state index in [1.54, 1.807) is 6.07 Å². The Bertz CT molecular complexity index is 1630. The number of aromatic nitrogens is 2. The van der Waals surface area contributed by atoms with Gasteiger partial charge >= 0.3 is 6.09 Å². The number of anilines is 1. The average Bonchev–Trinajstić information content (AvgIpc) is 3.77. The summed E-state index contributed by atoms with van der Waals surface area (Å²) in [6.45, 7) is 6.97. The summed E-state index contributed by atoms with van der Waals surface area (Å²) in [4.78, 5) is 43.3. The van der Waals surface area contributed by atoms with Crippen LogP contribution in [0.5, 0.6) is 0 Å². The van der Waals surface area contributed by atoms with E-state index in [-0.39, 0.29) is 23.7 Å². The highest BCUT2D eigenvalue weighted by atomic mass is 32.1. The van der Waals surface area contributed by atoms with E-state index in [0.29, 0.717) is 20.7 Å². The third-order valence-electron chi connectivity index (χ3n) is 8.55. The number of amides is 2. The van der Waals surface area contributed by atoms with Gasteiger partial charge in [0.2, 0.25) is 0 Å². The van der Waals surface area contributed by atoms with Crippen molar-refractivity contribution in [2.24, 2.45) is 0 Å². The number of ether oxygens (including phenoxy) is 1. The highest BCUT2D eigenvalue weighted by Gasteiger charge is 2.29. The number of fused-ring (bicyclic) bond motifs is 1. The monoisotopic (exact) mass is 613 g/mol. The number of carbonyl (C=O) groups excluding carboxylic acids is 3. The van der Waals surface area contributed by atoms with Crippen LogP contribution in [0, 0.1) is 0 Å². The number of hydrogen-bond donors (Lipinski definition) is 2. The normalized spacial score (nSPS) is 16.2. The van der Waals surface area contributed by atoms with Crippen molar-refractivity contribution < 1.29 is 19.1 Å². The lowest BCUT2D eigenvalue weighted by atomic mass is 9.94. The van der Waals surface area contributed by atoms with E-state index in [1.165, 1.54) is 23.9 Å². The zero-order chi connectivity index (χ0) is 30.7. The van der Waals surface area contributed by atoms with Gasteiger partial charge in [-0.25, -0.2) is 4.79 Å². The van der Waals surface area contributed by atoms with Gasteiger partial charge in [-0.3, -0.25) is 14.5 Å². The number of nitrogens with one attached hydrogen (secondary N) is 2. The predicted octanol–water partition coefficient (Wildman–Crippen LogP) is 6.93. The van der Waals surface area contributed by atoms with Crippen molar-refractivity contribution in [2.45, 2.75) is 77.0 Å². The van der Waals surface area contributed by atoms with E-state index >= 15 is 0 Å². The maximum atomic E-state index is 13.5. The van der Waals surface area contributed by atoms with E-state index in [2.05, 4.69) is 20.6 Å². The Labute approximate surface area is 261 Å². The summed E-state index contributed by atoms with van der Waals surface area (Å²) >= 11 is 1.15. The lowest BCUT2D eigenvalue weighted by Gasteiger charge is -2.26. The smallest absolute Gasteiger partial charge is 0.436 e. The molecule has 0 atom stereocenters. The summed E-state index contributed by atoms with van der Waals surface area (Å²) in [5.41, 5.74) is 1.99. The fraction of sp³-hybridized carbons (Fsp3) is 0.412. The molecule has 0 bridgehead atoms. The van der Waals surface area contributed by atoms with Crippen LogP contribution in [0.1, 0.15) is 89.9 Å². The van der Waals surface area contributed by atoms with Gasteiger partial charge in [0.1, 0.15) is 10.9 Å². The average molecular weight is 614 g/mol. The summed E-state index contributed by atoms with van der Waals surface area (Å²) in [6, 6.07) is 19.0. The molecular formula is C34H39N5O4S. The van der Waals surface area contributed by atoms with Crippen LogP contribution in [-0.2, 0) is 16.8 Å². The van der Waals surface area contributed by atoms with Crippen LogP contribution < -0.4 is 10.6 Å². The third kappa shape index (κ3) is 6.71. The maximum absolute atomic E-state index is 13.5. The largest absolute Gasteiger partial charge is 0.445 e. The molecule has 2 amide bonds. The van der Waals surface area contributed by atoms with Crippen LogP contribution in [0.2, 0.25) is 0 Å². The van der Waals surface area contributed by atoms with E-state index in [0.717, 1.165) is 67.8 Å². The summed E-state index contributed by atoms with van der Waals surface area (Å²) in [6.07, 6.45) is 6.66. The first-order valence-corrected chi connectivity index (χ1v) is 16.3. The first-order valence-electron chi connectivity index (χ1n) is 15.5. The van der Waals surface area contributed by atoms with Crippen molar-refractivity contribution >= 4 is 45.3 Å². The molecule has 1 aliphatic heterocycles. The molecule has 10 heteroatoms. The van der Waals surface area contributed by atoms with Gasteiger partial charge in [-0.1, -0.05) is 48.9 Å². The van der Waals surface area contributed by atoms with Gasteiger partial charge in [0.05, 0.1) is 15.8 Å². The Morgan fingerprint density at radius 2 is 1.64 bits per heavy atom. The van der Waals surface area contributed by atoms with Gasteiger partial charge in [-0.05, 0) is 94.8 Å². The lowest BCUT2D eigenvalue weighted by molar-refractivity contribution is 0.0915. The van der Waals surface area contributed by atoms with Crippen LogP contribution in [0.15, 0.2) is 60.7 Å². The van der Waals surface area contributed by atoms with Crippen molar-refractivity contribution in [3.63, 3.8) is 0 Å². The van der Waals surface area contributed by atoms with Crippen molar-refractivity contribution in [3.05, 3.63) is 82.2 Å². The molecule has 1 saturated heterocycles. The second kappa shape index (κ2) is 12.9. The molecule has 4 aromatic rings. The van der Waals surface area contributed by atoms with E-state index in [9.17, 15) is 14.4 Å². The van der Waals surface area contributed by atoms with Gasteiger partial charge in [0, 0.05) is 12.1 Å². The fourth-order valence-electron chi connectivity index (χ4n) is 6.02. The summed E-state index contributed by atoms with van der Waals surface area (Å²) in [7, 11) is 0. The van der Waals surface area contributed by atoms with Gasteiger partial charge < -0.3 is 15.4 Å². The number of rotatable bonds is 8. The van der Waals surface area contributed by atoms with Crippen molar-refractivity contribution in [3.8, 4) is 0 Å². The van der Waals surface area contributed by atoms with Gasteiger partial charge in [0.15, 0.2) is 5.82 Å². The highest BCUT2D eigenvalue weighted by molar-refractivity contribution is 7.20. The molecule has 1 aliphatic carbocycles. The molecule has 2 fully saturated rings. The third-order valence-corrected chi connectivity index (χ3v) is 9.66. The Morgan fingerprint density at radius 1 is 0.932 bits per heavy atom. The van der Waals surface area contributed by atoms with E-state index in [1.807, 2.05) is 68.4 Å². The minimum Gasteiger partial charge on any atom is -0.445 e. The number of piperidine rings is 1. The Hall–Kier alpha value is -4.02. The summed E-state index contributed by atoms with van der Waals surface area (Å²) < 4.78 is 6.92. The van der Waals surface area contributed by atoms with Crippen LogP contribution >= 0.6 is 11.3 Å². The number of nitrogens with zero attached hydrogens (tertiary/aromatic N) is 3. The number of benzene rings is 2. The predicted molar refractivity (Wildman–Crippen MR) is 172 cm³/mol. The molecule has 2 aromatic heterocycles. The second-order valence-corrected chi connectivity index (χ2v) is 13.3. The zero-order valence-electron chi connectivity index (χ0n) is 25.3. The first kappa shape index (κ1) is 30.0. The van der Waals surface area contributed by atoms with E-state index in [4.69, 9.17) is 4.74 Å². The van der Waals surface area contributed by atoms with Crippen molar-refractivity contribution in [1.29, 1.82) is 0 Å². The Balaban J connectivity index is 1.24. The number of carbonyl (C=O) groups is 3. The Kier molecular flexibility index (Phi) is 8.81. The lowest BCUT2D eigenvalue weighted by Crippen LogP contribution is -2.40. The van der Waals surface area contributed by atoms with Gasteiger partial charge in [0.25, 0.3) is 11.8 Å². The quantitative estimate of drug-likeness (QED) is 0.223. The maximum Gasteiger partial charge on any atom is 0.436 e. The molecule has 0 spiro atoms. The van der Waals surface area contributed by atoms with Gasteiger partial charge in [-0.2, -0.15) is 4.68 Å². The van der Waals surface area contributed by atoms with Crippen molar-refractivity contribution in [2.75, 3.05) is 18.4 Å². The minimum absolute atomic E-state index is 0.155. The molecular weight excluding hydrogens is 574 g/mol. The SMILES string of the molecule is CC(C)(NC(=O)c1cc2c(NC(=O)c3ccc(CN4CCCCC4)cc3)nn(C(=O)OC3CCCC3)c2s1)c1ccccc1. The van der Waals surface area contributed by atoms with Crippen LogP contribution in [0.25, 0.3) is 10.2 Å². The molecule has 2 N–H and O–H groups in total. The Morgan fingerprint density at radius 3 is 2.34 bits per heavy atom. The summed E-state index contributed by atoms with van der Waals surface area (Å²) in [5.74, 6) is -0.409. The molecule has 0 unspecified atom stereocenters. The zero-order valence-corrected chi connectivity index (χ0v) is 26.1. The molecule has 0 radical (unpaired) electrons. The molecule has 1 saturated carbocycles. The van der Waals surface area contributed by atoms with Crippen LogP contribution in [-0.4, -0.2) is 51.8 Å². The molecule has 6 rings (SSSR count). The molecule has 2 aromatic carbocycles. The van der Waals surface area contributed by atoms with Gasteiger partial charge in [-0.15, -0.1) is 16.4 Å². The number of thiophene rings is 1. The van der Waals surface area contributed by atoms with Crippen LogP contribution in [0.3, 0.4) is 0 Å². The molecule has 2 aliphatic rings. The number of hydrogen-bond acceptors (Lipinski definition) is 7. The second-order valence-electron chi connectivity index (χ2n) is 12.3.